The van der Waals surface area contributed by atoms with E-state index in [-0.39, 0.29) is 12.1 Å². The number of nitrogens with one attached hydrogen (secondary N) is 2. The fourth-order valence-corrected chi connectivity index (χ4v) is 4.51. The molecule has 10 heteroatoms. The third kappa shape index (κ3) is 7.59. The van der Waals surface area contributed by atoms with Gasteiger partial charge in [-0.2, -0.15) is 0 Å². The molecule has 1 saturated heterocycles. The average Bonchev–Trinajstić information content (AvgIpc) is 3.31. The number of benzene rings is 2. The molecule has 42 heavy (non-hydrogen) atoms. The fourth-order valence-electron chi connectivity index (χ4n) is 4.51. The number of pyridine rings is 1. The molecule has 0 spiro atoms. The van der Waals surface area contributed by atoms with Crippen molar-refractivity contribution in [3.63, 3.8) is 0 Å². The second-order valence-corrected chi connectivity index (χ2v) is 10.1. The Labute approximate surface area is 245 Å². The summed E-state index contributed by atoms with van der Waals surface area (Å²) in [6.45, 7) is 5.74. The quantitative estimate of drug-likeness (QED) is 0.165. The first-order chi connectivity index (χ1) is 20.3. The van der Waals surface area contributed by atoms with E-state index in [0.717, 1.165) is 49.7 Å². The normalized spacial score (nSPS) is 14.8. The van der Waals surface area contributed by atoms with E-state index in [2.05, 4.69) is 39.2 Å². The highest BCUT2D eigenvalue weighted by atomic mass is 16.5. The molecule has 0 bridgehead atoms. The Hall–Kier alpha value is -4.56. The monoisotopic (exact) mass is 569 g/mol. The van der Waals surface area contributed by atoms with Crippen LogP contribution in [0.1, 0.15) is 46.1 Å². The van der Waals surface area contributed by atoms with Crippen molar-refractivity contribution < 1.29 is 24.3 Å². The third-order valence-electron chi connectivity index (χ3n) is 7.28. The van der Waals surface area contributed by atoms with Crippen LogP contribution in [-0.4, -0.2) is 76.6 Å². The highest BCUT2D eigenvalue weighted by Gasteiger charge is 2.47. The second kappa shape index (κ2) is 14.4. The molecule has 3 aromatic rings. The SMILES string of the molecule is CN(C(=O)c1ccc(C#Cc2ccc(CN3CCCOCC3)cc2)cc1)C(C)(C(=O)NO)C(=O)NCc1ccccn1. The van der Waals surface area contributed by atoms with Gasteiger partial charge in [-0.25, -0.2) is 5.48 Å². The first kappa shape index (κ1) is 30.4. The highest BCUT2D eigenvalue weighted by molar-refractivity contribution is 6.12. The molecule has 2 aromatic carbocycles. The lowest BCUT2D eigenvalue weighted by Gasteiger charge is -2.35. The van der Waals surface area contributed by atoms with Gasteiger partial charge in [0.15, 0.2) is 5.54 Å². The van der Waals surface area contributed by atoms with Crippen LogP contribution in [-0.2, 0) is 27.4 Å². The van der Waals surface area contributed by atoms with Crippen molar-refractivity contribution in [2.24, 2.45) is 0 Å². The predicted octanol–water partition coefficient (Wildman–Crippen LogP) is 2.36. The molecule has 10 nitrogen and oxygen atoms in total. The van der Waals surface area contributed by atoms with Crippen molar-refractivity contribution in [2.45, 2.75) is 32.0 Å². The number of amides is 3. The van der Waals surface area contributed by atoms with Crippen LogP contribution in [0.5, 0.6) is 0 Å². The van der Waals surface area contributed by atoms with Crippen LogP contribution in [0.4, 0.5) is 0 Å². The van der Waals surface area contributed by atoms with E-state index in [1.54, 1.807) is 48.7 Å². The lowest BCUT2D eigenvalue weighted by Crippen LogP contribution is -2.64. The number of rotatable bonds is 8. The van der Waals surface area contributed by atoms with Gasteiger partial charge in [0, 0.05) is 56.2 Å². The average molecular weight is 570 g/mol. The van der Waals surface area contributed by atoms with Crippen molar-refractivity contribution in [3.8, 4) is 11.8 Å². The molecular formula is C32H35N5O5. The van der Waals surface area contributed by atoms with E-state index in [0.29, 0.717) is 11.3 Å². The standard InChI is InChI=1S/C32H35N5O5/c1-32(31(40)35-41,30(39)34-22-28-6-3-4-17-33-28)36(2)29(38)27-15-13-25(14-16-27)8-7-24-9-11-26(12-10-24)23-37-18-5-20-42-21-19-37/h3-4,6,9-17,41H,5,18-23H2,1-2H3,(H,34,39)(H,35,40). The molecule has 1 aromatic heterocycles. The minimum Gasteiger partial charge on any atom is -0.380 e. The summed E-state index contributed by atoms with van der Waals surface area (Å²) in [5, 5.41) is 12.0. The molecule has 2 heterocycles. The maximum Gasteiger partial charge on any atom is 0.278 e. The van der Waals surface area contributed by atoms with Crippen LogP contribution in [0.25, 0.3) is 0 Å². The van der Waals surface area contributed by atoms with E-state index >= 15 is 0 Å². The maximum absolute atomic E-state index is 13.3. The van der Waals surface area contributed by atoms with Gasteiger partial charge in [0.1, 0.15) is 0 Å². The zero-order valence-corrected chi connectivity index (χ0v) is 23.8. The van der Waals surface area contributed by atoms with Gasteiger partial charge >= 0.3 is 0 Å². The Morgan fingerprint density at radius 1 is 0.976 bits per heavy atom. The van der Waals surface area contributed by atoms with E-state index in [1.807, 2.05) is 12.1 Å². The zero-order chi connectivity index (χ0) is 30.0. The lowest BCUT2D eigenvalue weighted by atomic mass is 9.96. The second-order valence-electron chi connectivity index (χ2n) is 10.1. The Morgan fingerprint density at radius 3 is 2.31 bits per heavy atom. The molecule has 1 aliphatic rings. The molecule has 218 valence electrons. The summed E-state index contributed by atoms with van der Waals surface area (Å²) in [6.07, 6.45) is 2.62. The minimum absolute atomic E-state index is 0.0416. The Bertz CT molecular complexity index is 1430. The molecular weight excluding hydrogens is 534 g/mol. The number of ether oxygens (including phenoxy) is 1. The van der Waals surface area contributed by atoms with Crippen molar-refractivity contribution in [1.29, 1.82) is 0 Å². The Balaban J connectivity index is 1.40. The molecule has 1 atom stereocenters. The molecule has 3 N–H and O–H groups in total. The molecule has 1 fully saturated rings. The number of carbonyl (C=O) groups is 3. The summed E-state index contributed by atoms with van der Waals surface area (Å²) in [6, 6.07) is 19.9. The topological polar surface area (TPSA) is 124 Å². The smallest absolute Gasteiger partial charge is 0.278 e. The van der Waals surface area contributed by atoms with Gasteiger partial charge in [-0.05, 0) is 67.4 Å². The van der Waals surface area contributed by atoms with Crippen molar-refractivity contribution in [1.82, 2.24) is 25.6 Å². The molecule has 0 aliphatic carbocycles. The van der Waals surface area contributed by atoms with E-state index in [1.165, 1.54) is 25.0 Å². The third-order valence-corrected chi connectivity index (χ3v) is 7.28. The van der Waals surface area contributed by atoms with Crippen molar-refractivity contribution in [3.05, 3.63) is 101 Å². The molecule has 0 saturated carbocycles. The summed E-state index contributed by atoms with van der Waals surface area (Å²) in [5.41, 5.74) is 3.09. The van der Waals surface area contributed by atoms with Gasteiger partial charge in [0.25, 0.3) is 17.7 Å². The maximum atomic E-state index is 13.3. The van der Waals surface area contributed by atoms with Crippen molar-refractivity contribution in [2.75, 3.05) is 33.4 Å². The predicted molar refractivity (Wildman–Crippen MR) is 156 cm³/mol. The molecule has 1 unspecified atom stereocenters. The van der Waals surface area contributed by atoms with Gasteiger partial charge in [0.2, 0.25) is 0 Å². The van der Waals surface area contributed by atoms with Crippen molar-refractivity contribution >= 4 is 17.7 Å². The van der Waals surface area contributed by atoms with Crippen LogP contribution >= 0.6 is 0 Å². The Morgan fingerprint density at radius 2 is 1.67 bits per heavy atom. The van der Waals surface area contributed by atoms with Gasteiger partial charge in [-0.3, -0.25) is 29.5 Å². The fraction of sp³-hybridized carbons (Fsp3) is 0.312. The minimum atomic E-state index is -2.04. The number of hydroxylamine groups is 1. The number of nitrogens with zero attached hydrogens (tertiary/aromatic N) is 3. The summed E-state index contributed by atoms with van der Waals surface area (Å²) in [5.74, 6) is 3.84. The molecule has 4 rings (SSSR count). The lowest BCUT2D eigenvalue weighted by molar-refractivity contribution is -0.148. The Kier molecular flexibility index (Phi) is 10.4. The summed E-state index contributed by atoms with van der Waals surface area (Å²) in [7, 11) is 1.33. The molecule has 1 aliphatic heterocycles. The van der Waals surface area contributed by atoms with Crippen LogP contribution in [0.15, 0.2) is 72.9 Å². The van der Waals surface area contributed by atoms with Crippen LogP contribution in [0.2, 0.25) is 0 Å². The van der Waals surface area contributed by atoms with E-state index < -0.39 is 23.3 Å². The number of aromatic nitrogens is 1. The van der Waals surface area contributed by atoms with Crippen LogP contribution < -0.4 is 10.8 Å². The molecule has 3 amide bonds. The van der Waals surface area contributed by atoms with Gasteiger partial charge in [-0.15, -0.1) is 0 Å². The highest BCUT2D eigenvalue weighted by Crippen LogP contribution is 2.19. The van der Waals surface area contributed by atoms with E-state index in [4.69, 9.17) is 4.74 Å². The first-order valence-corrected chi connectivity index (χ1v) is 13.7. The zero-order valence-electron chi connectivity index (χ0n) is 23.8. The number of hydrogen-bond acceptors (Lipinski definition) is 7. The van der Waals surface area contributed by atoms with Gasteiger partial charge < -0.3 is 15.0 Å². The van der Waals surface area contributed by atoms with Crippen LogP contribution in [0.3, 0.4) is 0 Å². The van der Waals surface area contributed by atoms with Crippen LogP contribution in [0, 0.1) is 11.8 Å². The molecule has 0 radical (unpaired) electrons. The number of likely N-dealkylation sites (N-methyl/N-ethyl adjacent to an activating group) is 1. The van der Waals surface area contributed by atoms with Gasteiger partial charge in [-0.1, -0.05) is 30.0 Å². The summed E-state index contributed by atoms with van der Waals surface area (Å²) >= 11 is 0. The summed E-state index contributed by atoms with van der Waals surface area (Å²) < 4.78 is 5.52. The van der Waals surface area contributed by atoms with Gasteiger partial charge in [0.05, 0.1) is 18.8 Å². The number of carbonyl (C=O) groups excluding carboxylic acids is 3. The largest absolute Gasteiger partial charge is 0.380 e. The van der Waals surface area contributed by atoms with E-state index in [9.17, 15) is 19.6 Å². The first-order valence-electron chi connectivity index (χ1n) is 13.7. The summed E-state index contributed by atoms with van der Waals surface area (Å²) in [4.78, 5) is 46.5. The number of hydrogen-bond donors (Lipinski definition) is 3.